The maximum absolute atomic E-state index is 13.0. The zero-order valence-electron chi connectivity index (χ0n) is 11.8. The van der Waals surface area contributed by atoms with Crippen LogP contribution in [0.25, 0.3) is 0 Å². The second-order valence-electron chi connectivity index (χ2n) is 5.71. The third kappa shape index (κ3) is 4.24. The average Bonchev–Trinajstić information content (AvgIpc) is 2.45. The van der Waals surface area contributed by atoms with Crippen LogP contribution in [-0.2, 0) is 4.79 Å². The van der Waals surface area contributed by atoms with Crippen LogP contribution in [0.15, 0.2) is 18.5 Å². The number of nitrogens with zero attached hydrogens (tertiary/aromatic N) is 1. The summed E-state index contributed by atoms with van der Waals surface area (Å²) in [4.78, 5) is 26.7. The molecule has 0 radical (unpaired) electrons. The Hall–Kier alpha value is -1.98. The first-order chi connectivity index (χ1) is 10.0. The van der Waals surface area contributed by atoms with E-state index in [9.17, 15) is 14.0 Å². The van der Waals surface area contributed by atoms with Crippen LogP contribution >= 0.6 is 0 Å². The summed E-state index contributed by atoms with van der Waals surface area (Å²) in [6.45, 7) is 0.300. The van der Waals surface area contributed by atoms with Crippen molar-refractivity contribution >= 4 is 11.9 Å². The molecule has 0 atom stereocenters. The van der Waals surface area contributed by atoms with E-state index in [1.165, 1.54) is 6.20 Å². The lowest BCUT2D eigenvalue weighted by Crippen LogP contribution is -2.40. The molecule has 1 fully saturated rings. The van der Waals surface area contributed by atoms with Gasteiger partial charge in [-0.2, -0.15) is 0 Å². The molecular weight excluding hydrogens is 275 g/mol. The molecule has 6 heteroatoms. The molecule has 0 saturated heterocycles. The highest BCUT2D eigenvalue weighted by molar-refractivity contribution is 5.93. The molecular formula is C15H19FN2O3. The van der Waals surface area contributed by atoms with Crippen LogP contribution in [0.3, 0.4) is 0 Å². The van der Waals surface area contributed by atoms with E-state index < -0.39 is 17.7 Å². The number of carbonyl (C=O) groups is 2. The molecule has 21 heavy (non-hydrogen) atoms. The van der Waals surface area contributed by atoms with Crippen molar-refractivity contribution in [3.8, 4) is 0 Å². The van der Waals surface area contributed by atoms with Crippen molar-refractivity contribution in [3.05, 3.63) is 29.8 Å². The number of amides is 1. The van der Waals surface area contributed by atoms with E-state index in [2.05, 4.69) is 10.3 Å². The molecule has 1 aromatic heterocycles. The van der Waals surface area contributed by atoms with Crippen molar-refractivity contribution in [2.75, 3.05) is 6.54 Å². The molecule has 2 rings (SSSR count). The van der Waals surface area contributed by atoms with Gasteiger partial charge in [-0.1, -0.05) is 19.3 Å². The van der Waals surface area contributed by atoms with Crippen molar-refractivity contribution in [1.29, 1.82) is 0 Å². The second-order valence-corrected chi connectivity index (χ2v) is 5.71. The highest BCUT2D eigenvalue weighted by atomic mass is 19.1. The summed E-state index contributed by atoms with van der Waals surface area (Å²) < 4.78 is 13.0. The molecule has 0 aliphatic heterocycles. The number of nitrogens with one attached hydrogen (secondary N) is 1. The molecule has 1 aliphatic rings. The summed E-state index contributed by atoms with van der Waals surface area (Å²) >= 11 is 0. The Morgan fingerprint density at radius 1 is 1.29 bits per heavy atom. The minimum atomic E-state index is -0.849. The first kappa shape index (κ1) is 15.4. The summed E-state index contributed by atoms with van der Waals surface area (Å²) in [6.07, 6.45) is 7.02. The van der Waals surface area contributed by atoms with Gasteiger partial charge >= 0.3 is 5.97 Å². The van der Waals surface area contributed by atoms with Crippen LogP contribution in [0.5, 0.6) is 0 Å². The zero-order valence-corrected chi connectivity index (χ0v) is 11.8. The van der Waals surface area contributed by atoms with Crippen LogP contribution in [0.1, 0.15) is 48.9 Å². The highest BCUT2D eigenvalue weighted by Crippen LogP contribution is 2.38. The van der Waals surface area contributed by atoms with Gasteiger partial charge in [0.15, 0.2) is 0 Å². The predicted molar refractivity (Wildman–Crippen MR) is 74.3 cm³/mol. The van der Waals surface area contributed by atoms with Gasteiger partial charge in [0.25, 0.3) is 5.91 Å². The number of rotatable bonds is 5. The van der Waals surface area contributed by atoms with Crippen LogP contribution in [0, 0.1) is 11.2 Å². The smallest absolute Gasteiger partial charge is 0.303 e. The molecule has 1 heterocycles. The Morgan fingerprint density at radius 2 is 2.00 bits per heavy atom. The van der Waals surface area contributed by atoms with Crippen molar-refractivity contribution in [3.63, 3.8) is 0 Å². The summed E-state index contributed by atoms with van der Waals surface area (Å²) in [5.74, 6) is -1.84. The first-order valence-corrected chi connectivity index (χ1v) is 7.11. The van der Waals surface area contributed by atoms with Crippen LogP contribution < -0.4 is 5.32 Å². The predicted octanol–water partition coefficient (Wildman–Crippen LogP) is 2.38. The molecule has 0 spiro atoms. The van der Waals surface area contributed by atoms with Gasteiger partial charge < -0.3 is 10.4 Å². The lowest BCUT2D eigenvalue weighted by atomic mass is 9.71. The highest BCUT2D eigenvalue weighted by Gasteiger charge is 2.34. The van der Waals surface area contributed by atoms with Crippen LogP contribution in [0.2, 0.25) is 0 Å². The SMILES string of the molecule is O=C(O)CC1(CNC(=O)c2cncc(F)c2)CCCCC1. The van der Waals surface area contributed by atoms with Gasteiger partial charge in [-0.05, 0) is 24.3 Å². The summed E-state index contributed by atoms with van der Waals surface area (Å²) in [6, 6.07) is 1.12. The second kappa shape index (κ2) is 6.65. The Morgan fingerprint density at radius 3 is 2.62 bits per heavy atom. The fraction of sp³-hybridized carbons (Fsp3) is 0.533. The van der Waals surface area contributed by atoms with Gasteiger partial charge in [-0.15, -0.1) is 0 Å². The summed E-state index contributed by atoms with van der Waals surface area (Å²) in [7, 11) is 0. The van der Waals surface area contributed by atoms with Crippen LogP contribution in [-0.4, -0.2) is 28.5 Å². The minimum Gasteiger partial charge on any atom is -0.481 e. The van der Waals surface area contributed by atoms with E-state index >= 15 is 0 Å². The zero-order chi connectivity index (χ0) is 15.3. The van der Waals surface area contributed by atoms with Crippen molar-refractivity contribution in [2.45, 2.75) is 38.5 Å². The average molecular weight is 294 g/mol. The van der Waals surface area contributed by atoms with E-state index in [1.807, 2.05) is 0 Å². The molecule has 114 valence electrons. The quantitative estimate of drug-likeness (QED) is 0.874. The Balaban J connectivity index is 2.01. The maximum atomic E-state index is 13.0. The molecule has 1 saturated carbocycles. The van der Waals surface area contributed by atoms with Gasteiger partial charge in [0.2, 0.25) is 0 Å². The number of carboxylic acid groups (broad SMARTS) is 1. The Labute approximate surface area is 122 Å². The lowest BCUT2D eigenvalue weighted by molar-refractivity contribution is -0.140. The third-order valence-electron chi connectivity index (χ3n) is 4.03. The largest absolute Gasteiger partial charge is 0.481 e. The van der Waals surface area contributed by atoms with Gasteiger partial charge in [0, 0.05) is 12.7 Å². The van der Waals surface area contributed by atoms with E-state index in [0.717, 1.165) is 44.4 Å². The molecule has 1 amide bonds. The van der Waals surface area contributed by atoms with Gasteiger partial charge in [-0.25, -0.2) is 4.39 Å². The number of hydrogen-bond donors (Lipinski definition) is 2. The molecule has 0 unspecified atom stereocenters. The lowest BCUT2D eigenvalue weighted by Gasteiger charge is -2.36. The van der Waals surface area contributed by atoms with E-state index in [4.69, 9.17) is 5.11 Å². The molecule has 1 aliphatic carbocycles. The fourth-order valence-corrected chi connectivity index (χ4v) is 2.94. The monoisotopic (exact) mass is 294 g/mol. The van der Waals surface area contributed by atoms with Crippen molar-refractivity contribution in [2.24, 2.45) is 5.41 Å². The van der Waals surface area contributed by atoms with Gasteiger partial charge in [-0.3, -0.25) is 14.6 Å². The summed E-state index contributed by atoms with van der Waals surface area (Å²) in [5, 5.41) is 11.8. The van der Waals surface area contributed by atoms with Gasteiger partial charge in [0.1, 0.15) is 5.82 Å². The fourth-order valence-electron chi connectivity index (χ4n) is 2.94. The third-order valence-corrected chi connectivity index (χ3v) is 4.03. The number of hydrogen-bond acceptors (Lipinski definition) is 3. The molecule has 1 aromatic rings. The molecule has 0 bridgehead atoms. The molecule has 2 N–H and O–H groups in total. The normalized spacial score (nSPS) is 17.2. The number of aliphatic carboxylic acids is 1. The van der Waals surface area contributed by atoms with E-state index in [1.54, 1.807) is 0 Å². The van der Waals surface area contributed by atoms with Crippen molar-refractivity contribution < 1.29 is 19.1 Å². The minimum absolute atomic E-state index is 0.0503. The van der Waals surface area contributed by atoms with Crippen LogP contribution in [0.4, 0.5) is 4.39 Å². The number of carbonyl (C=O) groups excluding carboxylic acids is 1. The first-order valence-electron chi connectivity index (χ1n) is 7.11. The number of carboxylic acids is 1. The number of halogens is 1. The van der Waals surface area contributed by atoms with Crippen molar-refractivity contribution in [1.82, 2.24) is 10.3 Å². The van der Waals surface area contributed by atoms with E-state index in [-0.39, 0.29) is 17.4 Å². The maximum Gasteiger partial charge on any atom is 0.303 e. The molecule has 0 aromatic carbocycles. The Kier molecular flexibility index (Phi) is 4.88. The van der Waals surface area contributed by atoms with Gasteiger partial charge in [0.05, 0.1) is 18.2 Å². The number of pyridine rings is 1. The van der Waals surface area contributed by atoms with E-state index in [0.29, 0.717) is 6.54 Å². The standard InChI is InChI=1S/C15H19FN2O3/c16-12-6-11(8-17-9-12)14(21)18-10-15(7-13(19)20)4-2-1-3-5-15/h6,8-9H,1-5,7,10H2,(H,18,21)(H,19,20). The summed E-state index contributed by atoms with van der Waals surface area (Å²) in [5.41, 5.74) is -0.239. The number of aromatic nitrogens is 1. The molecule has 5 nitrogen and oxygen atoms in total. The Bertz CT molecular complexity index is 527. The topological polar surface area (TPSA) is 79.3 Å².